The molecule has 1 unspecified atom stereocenters. The highest BCUT2D eigenvalue weighted by atomic mass is 16.6. The van der Waals surface area contributed by atoms with Crippen molar-refractivity contribution in [2.24, 2.45) is 11.8 Å². The maximum absolute atomic E-state index is 5.03. The summed E-state index contributed by atoms with van der Waals surface area (Å²) in [6.45, 7) is 7.72. The smallest absolute Gasteiger partial charge is 0.0682 e. The summed E-state index contributed by atoms with van der Waals surface area (Å²) in [5, 5.41) is 0. The van der Waals surface area contributed by atoms with Crippen LogP contribution in [0, 0.1) is 5.92 Å². The third-order valence-corrected chi connectivity index (χ3v) is 2.92. The highest BCUT2D eigenvalue weighted by molar-refractivity contribution is 4.74. The first kappa shape index (κ1) is 11.0. The maximum atomic E-state index is 5.03. The fraction of sp³-hybridized carbons (Fsp3) is 1.00. The van der Waals surface area contributed by atoms with E-state index >= 15 is 0 Å². The van der Waals surface area contributed by atoms with Crippen molar-refractivity contribution in [1.82, 2.24) is 4.90 Å². The van der Waals surface area contributed by atoms with E-state index < -0.39 is 0 Å². The van der Waals surface area contributed by atoms with Gasteiger partial charge >= 0.3 is 0 Å². The van der Waals surface area contributed by atoms with Gasteiger partial charge in [-0.1, -0.05) is 0 Å². The highest BCUT2D eigenvalue weighted by Crippen LogP contribution is 2.20. The number of rotatable bonds is 4. The molecule has 3 nitrogen and oxygen atoms in total. The number of piperidine rings is 1. The summed E-state index contributed by atoms with van der Waals surface area (Å²) in [6.07, 6.45) is 3.78. The van der Waals surface area contributed by atoms with Crippen LogP contribution >= 0.6 is 0 Å². The molecule has 1 aliphatic rings. The average Bonchev–Trinajstić information content (AvgIpc) is 2.15. The van der Waals surface area contributed by atoms with Gasteiger partial charge in [0.25, 0.3) is 0 Å². The Balaban J connectivity index is 2.25. The number of likely N-dealkylation sites (tertiary alicyclic amines) is 1. The van der Waals surface area contributed by atoms with Gasteiger partial charge in [0.05, 0.1) is 6.61 Å². The first-order chi connectivity index (χ1) is 6.24. The molecule has 0 amide bonds. The van der Waals surface area contributed by atoms with E-state index in [1.807, 2.05) is 0 Å². The Kier molecular flexibility index (Phi) is 4.70. The summed E-state index contributed by atoms with van der Waals surface area (Å²) in [5.74, 6) is 5.82. The van der Waals surface area contributed by atoms with Gasteiger partial charge in [-0.15, -0.1) is 0 Å². The van der Waals surface area contributed by atoms with Crippen LogP contribution in [0.5, 0.6) is 0 Å². The lowest BCUT2D eigenvalue weighted by Crippen LogP contribution is -2.40. The van der Waals surface area contributed by atoms with E-state index in [1.165, 1.54) is 25.9 Å². The maximum Gasteiger partial charge on any atom is 0.0682 e. The molecule has 0 aromatic rings. The van der Waals surface area contributed by atoms with Crippen LogP contribution in [0.3, 0.4) is 0 Å². The van der Waals surface area contributed by atoms with Crippen LogP contribution in [0.1, 0.15) is 33.1 Å². The van der Waals surface area contributed by atoms with Crippen molar-refractivity contribution >= 4 is 0 Å². The molecule has 0 aliphatic carbocycles. The van der Waals surface area contributed by atoms with Gasteiger partial charge in [0, 0.05) is 12.6 Å². The van der Waals surface area contributed by atoms with Gasteiger partial charge in [0.2, 0.25) is 0 Å². The fourth-order valence-electron chi connectivity index (χ4n) is 2.04. The Morgan fingerprint density at radius 1 is 1.54 bits per heavy atom. The van der Waals surface area contributed by atoms with E-state index in [0.717, 1.165) is 12.3 Å². The SMILES string of the molecule is CC(C)N1CCCC(CCON)C1. The van der Waals surface area contributed by atoms with Crippen LogP contribution in [-0.2, 0) is 4.84 Å². The minimum atomic E-state index is 0.682. The van der Waals surface area contributed by atoms with Gasteiger partial charge in [-0.05, 0) is 45.6 Å². The Morgan fingerprint density at radius 3 is 2.92 bits per heavy atom. The minimum Gasteiger partial charge on any atom is -0.305 e. The van der Waals surface area contributed by atoms with Crippen molar-refractivity contribution in [1.29, 1.82) is 0 Å². The largest absolute Gasteiger partial charge is 0.305 e. The molecule has 0 aromatic carbocycles. The second-order valence-electron chi connectivity index (χ2n) is 4.26. The zero-order valence-corrected chi connectivity index (χ0v) is 8.83. The molecule has 78 valence electrons. The van der Waals surface area contributed by atoms with E-state index in [9.17, 15) is 0 Å². The van der Waals surface area contributed by atoms with Gasteiger partial charge < -0.3 is 9.74 Å². The van der Waals surface area contributed by atoms with Crippen molar-refractivity contribution in [3.8, 4) is 0 Å². The minimum absolute atomic E-state index is 0.682. The van der Waals surface area contributed by atoms with Crippen molar-refractivity contribution in [2.75, 3.05) is 19.7 Å². The van der Waals surface area contributed by atoms with Gasteiger partial charge in [-0.3, -0.25) is 0 Å². The molecule has 2 N–H and O–H groups in total. The van der Waals surface area contributed by atoms with E-state index in [1.54, 1.807) is 0 Å². The average molecular weight is 186 g/mol. The van der Waals surface area contributed by atoms with Gasteiger partial charge in [-0.2, -0.15) is 0 Å². The third-order valence-electron chi connectivity index (χ3n) is 2.92. The van der Waals surface area contributed by atoms with Crippen molar-refractivity contribution in [3.05, 3.63) is 0 Å². The van der Waals surface area contributed by atoms with Gasteiger partial charge in [-0.25, -0.2) is 5.90 Å². The lowest BCUT2D eigenvalue weighted by molar-refractivity contribution is 0.0876. The number of hydrogen-bond acceptors (Lipinski definition) is 3. The summed E-state index contributed by atoms with van der Waals surface area (Å²) in [5.41, 5.74) is 0. The van der Waals surface area contributed by atoms with Gasteiger partial charge in [0.15, 0.2) is 0 Å². The quantitative estimate of drug-likeness (QED) is 0.674. The molecule has 1 saturated heterocycles. The molecule has 0 saturated carbocycles. The Bertz CT molecular complexity index is 139. The summed E-state index contributed by atoms with van der Waals surface area (Å²) in [6, 6.07) is 0.682. The zero-order valence-electron chi connectivity index (χ0n) is 8.83. The summed E-state index contributed by atoms with van der Waals surface area (Å²) in [7, 11) is 0. The molecule has 0 aromatic heterocycles. The summed E-state index contributed by atoms with van der Waals surface area (Å²) >= 11 is 0. The molecule has 0 radical (unpaired) electrons. The number of nitrogens with two attached hydrogens (primary N) is 1. The molecule has 1 fully saturated rings. The van der Waals surface area contributed by atoms with Crippen molar-refractivity contribution < 1.29 is 4.84 Å². The number of hydrogen-bond donors (Lipinski definition) is 1. The standard InChI is InChI=1S/C10H22N2O/c1-9(2)12-6-3-4-10(8-12)5-7-13-11/h9-10H,3-8,11H2,1-2H3. The lowest BCUT2D eigenvalue weighted by Gasteiger charge is -2.35. The topological polar surface area (TPSA) is 38.5 Å². The summed E-state index contributed by atoms with van der Waals surface area (Å²) < 4.78 is 0. The first-order valence-electron chi connectivity index (χ1n) is 5.29. The Labute approximate surface area is 81.2 Å². The van der Waals surface area contributed by atoms with Gasteiger partial charge in [0.1, 0.15) is 0 Å². The fourth-order valence-corrected chi connectivity index (χ4v) is 2.04. The normalized spacial score (nSPS) is 25.4. The molecular formula is C10H22N2O. The molecular weight excluding hydrogens is 164 g/mol. The predicted octanol–water partition coefficient (Wildman–Crippen LogP) is 1.39. The van der Waals surface area contributed by atoms with Crippen molar-refractivity contribution in [2.45, 2.75) is 39.2 Å². The van der Waals surface area contributed by atoms with Crippen LogP contribution < -0.4 is 5.90 Å². The molecule has 3 heteroatoms. The zero-order chi connectivity index (χ0) is 9.68. The van der Waals surface area contributed by atoms with Crippen LogP contribution in [0.25, 0.3) is 0 Å². The second-order valence-corrected chi connectivity index (χ2v) is 4.26. The lowest BCUT2D eigenvalue weighted by atomic mass is 9.94. The van der Waals surface area contributed by atoms with E-state index in [-0.39, 0.29) is 0 Å². The molecule has 1 atom stereocenters. The Morgan fingerprint density at radius 2 is 2.31 bits per heavy atom. The monoisotopic (exact) mass is 186 g/mol. The summed E-state index contributed by atoms with van der Waals surface area (Å²) in [4.78, 5) is 7.17. The second kappa shape index (κ2) is 5.58. The molecule has 0 spiro atoms. The highest BCUT2D eigenvalue weighted by Gasteiger charge is 2.20. The molecule has 1 aliphatic heterocycles. The Hall–Kier alpha value is -0.120. The first-order valence-corrected chi connectivity index (χ1v) is 5.29. The van der Waals surface area contributed by atoms with Crippen LogP contribution in [0.15, 0.2) is 0 Å². The third kappa shape index (κ3) is 3.63. The van der Waals surface area contributed by atoms with Crippen LogP contribution in [0.2, 0.25) is 0 Å². The van der Waals surface area contributed by atoms with E-state index in [4.69, 9.17) is 5.90 Å². The molecule has 1 heterocycles. The number of nitrogens with zero attached hydrogens (tertiary/aromatic N) is 1. The van der Waals surface area contributed by atoms with Crippen molar-refractivity contribution in [3.63, 3.8) is 0 Å². The van der Waals surface area contributed by atoms with E-state index in [2.05, 4.69) is 23.6 Å². The predicted molar refractivity (Wildman–Crippen MR) is 54.2 cm³/mol. The molecule has 13 heavy (non-hydrogen) atoms. The van der Waals surface area contributed by atoms with Crippen LogP contribution in [-0.4, -0.2) is 30.6 Å². The molecule has 1 rings (SSSR count). The van der Waals surface area contributed by atoms with E-state index in [0.29, 0.717) is 12.6 Å². The molecule has 0 bridgehead atoms. The van der Waals surface area contributed by atoms with Crippen LogP contribution in [0.4, 0.5) is 0 Å².